The molecule has 0 unspecified atom stereocenters. The van der Waals surface area contributed by atoms with E-state index in [9.17, 15) is 19.7 Å². The van der Waals surface area contributed by atoms with Gasteiger partial charge in [-0.05, 0) is 26.0 Å². The predicted molar refractivity (Wildman–Crippen MR) is 109 cm³/mol. The van der Waals surface area contributed by atoms with Crippen molar-refractivity contribution in [3.8, 4) is 0 Å². The molecule has 1 fully saturated rings. The highest BCUT2D eigenvalue weighted by Crippen LogP contribution is 2.20. The lowest BCUT2D eigenvalue weighted by Gasteiger charge is -2.36. The standard InChI is InChI=1S/C20H25N5O5/c1-14-18(15(2)22(3)21-14)12-20(27)30-13-19(26)24-10-8-23(9-11-24)16-4-6-17(7-5-16)25(28)29/h4-7H,8-13H2,1-3H3. The third kappa shape index (κ3) is 4.76. The Balaban J connectivity index is 1.46. The molecular weight excluding hydrogens is 390 g/mol. The average molecular weight is 415 g/mol. The summed E-state index contributed by atoms with van der Waals surface area (Å²) in [7, 11) is 1.82. The van der Waals surface area contributed by atoms with E-state index in [1.807, 2.05) is 20.9 Å². The minimum absolute atomic E-state index is 0.0473. The van der Waals surface area contributed by atoms with Crippen molar-refractivity contribution in [3.05, 3.63) is 51.3 Å². The number of nitro benzene ring substituents is 1. The minimum Gasteiger partial charge on any atom is -0.455 e. The largest absolute Gasteiger partial charge is 0.455 e. The van der Waals surface area contributed by atoms with Gasteiger partial charge in [-0.25, -0.2) is 0 Å². The Morgan fingerprint density at radius 2 is 1.77 bits per heavy atom. The number of anilines is 1. The minimum atomic E-state index is -0.452. The van der Waals surface area contributed by atoms with Crippen molar-refractivity contribution < 1.29 is 19.2 Å². The molecular formula is C20H25N5O5. The van der Waals surface area contributed by atoms with Gasteiger partial charge >= 0.3 is 5.97 Å². The van der Waals surface area contributed by atoms with E-state index in [1.54, 1.807) is 21.7 Å². The monoisotopic (exact) mass is 415 g/mol. The van der Waals surface area contributed by atoms with E-state index in [2.05, 4.69) is 10.00 Å². The molecule has 1 aromatic carbocycles. The van der Waals surface area contributed by atoms with Crippen molar-refractivity contribution in [2.45, 2.75) is 20.3 Å². The first kappa shape index (κ1) is 21.3. The second-order valence-electron chi connectivity index (χ2n) is 7.25. The van der Waals surface area contributed by atoms with E-state index < -0.39 is 10.9 Å². The molecule has 0 atom stereocenters. The molecule has 10 heteroatoms. The number of carbonyl (C=O) groups excluding carboxylic acids is 2. The molecule has 0 N–H and O–H groups in total. The van der Waals surface area contributed by atoms with Crippen molar-refractivity contribution in [3.63, 3.8) is 0 Å². The number of piperazine rings is 1. The van der Waals surface area contributed by atoms with Crippen molar-refractivity contribution >= 4 is 23.3 Å². The van der Waals surface area contributed by atoms with Crippen LogP contribution in [0.25, 0.3) is 0 Å². The summed E-state index contributed by atoms with van der Waals surface area (Å²) >= 11 is 0. The Labute approximate surface area is 174 Å². The van der Waals surface area contributed by atoms with Gasteiger partial charge in [0.2, 0.25) is 0 Å². The Morgan fingerprint density at radius 1 is 1.13 bits per heavy atom. The van der Waals surface area contributed by atoms with E-state index in [4.69, 9.17) is 4.74 Å². The molecule has 2 aromatic rings. The lowest BCUT2D eigenvalue weighted by molar-refractivity contribution is -0.384. The molecule has 0 bridgehead atoms. The zero-order valence-corrected chi connectivity index (χ0v) is 17.3. The lowest BCUT2D eigenvalue weighted by atomic mass is 10.1. The fraction of sp³-hybridized carbons (Fsp3) is 0.450. The highest BCUT2D eigenvalue weighted by Gasteiger charge is 2.23. The number of aromatic nitrogens is 2. The summed E-state index contributed by atoms with van der Waals surface area (Å²) in [5.74, 6) is -0.682. The summed E-state index contributed by atoms with van der Waals surface area (Å²) in [6.07, 6.45) is 0.0900. The van der Waals surface area contributed by atoms with Crippen LogP contribution in [-0.2, 0) is 27.8 Å². The number of amides is 1. The summed E-state index contributed by atoms with van der Waals surface area (Å²) in [5.41, 5.74) is 3.43. The summed E-state index contributed by atoms with van der Waals surface area (Å²) in [6.45, 7) is 5.64. The number of hydrogen-bond acceptors (Lipinski definition) is 7. The lowest BCUT2D eigenvalue weighted by Crippen LogP contribution is -2.49. The van der Waals surface area contributed by atoms with Gasteiger partial charge in [-0.3, -0.25) is 24.4 Å². The summed E-state index contributed by atoms with van der Waals surface area (Å²) in [5, 5.41) is 15.0. The first-order valence-corrected chi connectivity index (χ1v) is 9.68. The van der Waals surface area contributed by atoms with Gasteiger partial charge in [-0.2, -0.15) is 5.10 Å². The molecule has 0 radical (unpaired) electrons. The molecule has 30 heavy (non-hydrogen) atoms. The Hall–Kier alpha value is -3.43. The van der Waals surface area contributed by atoms with Crippen LogP contribution in [0.3, 0.4) is 0 Å². The first-order valence-electron chi connectivity index (χ1n) is 9.68. The summed E-state index contributed by atoms with van der Waals surface area (Å²) < 4.78 is 6.90. The fourth-order valence-corrected chi connectivity index (χ4v) is 3.50. The number of nitrogens with zero attached hydrogens (tertiary/aromatic N) is 5. The maximum atomic E-state index is 12.4. The Kier molecular flexibility index (Phi) is 6.34. The predicted octanol–water partition coefficient (Wildman–Crippen LogP) is 1.38. The van der Waals surface area contributed by atoms with Gasteiger partial charge in [-0.1, -0.05) is 0 Å². The molecule has 0 aliphatic carbocycles. The molecule has 160 valence electrons. The second-order valence-corrected chi connectivity index (χ2v) is 7.25. The van der Waals surface area contributed by atoms with Gasteiger partial charge in [0, 0.05) is 62.3 Å². The van der Waals surface area contributed by atoms with E-state index in [1.165, 1.54) is 12.1 Å². The van der Waals surface area contributed by atoms with Crippen LogP contribution in [0.5, 0.6) is 0 Å². The molecule has 1 saturated heterocycles. The van der Waals surface area contributed by atoms with Crippen LogP contribution >= 0.6 is 0 Å². The van der Waals surface area contributed by atoms with Crippen LogP contribution in [0, 0.1) is 24.0 Å². The number of nitro groups is 1. The zero-order valence-electron chi connectivity index (χ0n) is 17.3. The number of non-ortho nitro benzene ring substituents is 1. The smallest absolute Gasteiger partial charge is 0.310 e. The van der Waals surface area contributed by atoms with Crippen molar-refractivity contribution in [1.82, 2.24) is 14.7 Å². The van der Waals surface area contributed by atoms with E-state index in [0.717, 1.165) is 22.6 Å². The summed E-state index contributed by atoms with van der Waals surface area (Å²) in [4.78, 5) is 38.6. The fourth-order valence-electron chi connectivity index (χ4n) is 3.50. The average Bonchev–Trinajstić information content (AvgIpc) is 2.98. The quantitative estimate of drug-likeness (QED) is 0.398. The number of rotatable bonds is 6. The molecule has 0 spiro atoms. The first-order chi connectivity index (χ1) is 14.3. The molecule has 1 aromatic heterocycles. The van der Waals surface area contributed by atoms with E-state index in [-0.39, 0.29) is 24.6 Å². The molecule has 3 rings (SSSR count). The Bertz CT molecular complexity index is 945. The van der Waals surface area contributed by atoms with Crippen LogP contribution in [-0.4, -0.2) is 64.3 Å². The van der Waals surface area contributed by atoms with E-state index in [0.29, 0.717) is 26.2 Å². The van der Waals surface area contributed by atoms with Crippen LogP contribution in [0.4, 0.5) is 11.4 Å². The zero-order chi connectivity index (χ0) is 21.8. The van der Waals surface area contributed by atoms with Gasteiger partial charge in [0.15, 0.2) is 6.61 Å². The van der Waals surface area contributed by atoms with Crippen molar-refractivity contribution in [1.29, 1.82) is 0 Å². The molecule has 10 nitrogen and oxygen atoms in total. The third-order valence-electron chi connectivity index (χ3n) is 5.39. The molecule has 2 heterocycles. The highest BCUT2D eigenvalue weighted by molar-refractivity contribution is 5.81. The maximum Gasteiger partial charge on any atom is 0.310 e. The van der Waals surface area contributed by atoms with Crippen molar-refractivity contribution in [2.75, 3.05) is 37.7 Å². The normalized spacial score (nSPS) is 14.0. The second kappa shape index (κ2) is 8.93. The van der Waals surface area contributed by atoms with Gasteiger partial charge < -0.3 is 14.5 Å². The number of hydrogen-bond donors (Lipinski definition) is 0. The molecule has 1 aliphatic heterocycles. The Morgan fingerprint density at radius 3 is 2.30 bits per heavy atom. The maximum absolute atomic E-state index is 12.4. The SMILES string of the molecule is Cc1nn(C)c(C)c1CC(=O)OCC(=O)N1CCN(c2ccc([N+](=O)[O-])cc2)CC1. The van der Waals surface area contributed by atoms with E-state index >= 15 is 0 Å². The van der Waals surface area contributed by atoms with Crippen molar-refractivity contribution in [2.24, 2.45) is 7.05 Å². The topological polar surface area (TPSA) is 111 Å². The van der Waals surface area contributed by atoms with Crippen LogP contribution in [0.1, 0.15) is 17.0 Å². The number of benzene rings is 1. The van der Waals surface area contributed by atoms with Crippen LogP contribution in [0.15, 0.2) is 24.3 Å². The number of ether oxygens (including phenoxy) is 1. The molecule has 1 amide bonds. The number of esters is 1. The highest BCUT2D eigenvalue weighted by atomic mass is 16.6. The number of aryl methyl sites for hydroxylation is 2. The van der Waals surface area contributed by atoms with Gasteiger partial charge in [0.1, 0.15) is 0 Å². The summed E-state index contributed by atoms with van der Waals surface area (Å²) in [6, 6.07) is 6.36. The van der Waals surface area contributed by atoms with Gasteiger partial charge in [0.25, 0.3) is 11.6 Å². The van der Waals surface area contributed by atoms with Crippen LogP contribution < -0.4 is 4.90 Å². The third-order valence-corrected chi connectivity index (χ3v) is 5.39. The van der Waals surface area contributed by atoms with Gasteiger partial charge in [-0.15, -0.1) is 0 Å². The molecule has 0 saturated carbocycles. The molecule has 1 aliphatic rings. The number of carbonyl (C=O) groups is 2. The van der Waals surface area contributed by atoms with Crippen LogP contribution in [0.2, 0.25) is 0 Å². The van der Waals surface area contributed by atoms with Gasteiger partial charge in [0.05, 0.1) is 17.0 Å².